The van der Waals surface area contributed by atoms with Crippen LogP contribution in [0.2, 0.25) is 0 Å². The van der Waals surface area contributed by atoms with Gasteiger partial charge in [-0.25, -0.2) is 9.59 Å². The Hall–Kier alpha value is -2.88. The predicted molar refractivity (Wildman–Crippen MR) is 129 cm³/mol. The molecule has 2 aliphatic heterocycles. The highest BCUT2D eigenvalue weighted by Crippen LogP contribution is 2.53. The average molecular weight is 553 g/mol. The number of fused-ring (bicyclic) bond motifs is 1. The lowest BCUT2D eigenvalue weighted by Crippen LogP contribution is -2.62. The zero-order valence-electron chi connectivity index (χ0n) is 21.2. The molecule has 10 atom stereocenters. The van der Waals surface area contributed by atoms with Crippen molar-refractivity contribution in [2.75, 3.05) is 13.7 Å². The summed E-state index contributed by atoms with van der Waals surface area (Å²) in [4.78, 5) is 25.1. The fraction of sp³-hybridized carbons (Fsp3) is 0.538. The maximum atomic E-state index is 12.6. The van der Waals surface area contributed by atoms with Gasteiger partial charge in [0, 0.05) is 12.5 Å². The highest BCUT2D eigenvalue weighted by Gasteiger charge is 2.69. The third-order valence-corrected chi connectivity index (χ3v) is 7.34. The molecule has 0 unspecified atom stereocenters. The lowest BCUT2D eigenvalue weighted by molar-refractivity contribution is -0.352. The molecule has 3 aliphatic rings. The summed E-state index contributed by atoms with van der Waals surface area (Å²) in [5.41, 5.74) is -3.92. The van der Waals surface area contributed by atoms with Crippen LogP contribution in [-0.2, 0) is 33.3 Å². The van der Waals surface area contributed by atoms with Crippen LogP contribution < -0.4 is 0 Å². The number of benzene rings is 1. The van der Waals surface area contributed by atoms with Crippen molar-refractivity contribution in [2.24, 2.45) is 5.92 Å². The highest BCUT2D eigenvalue weighted by molar-refractivity contribution is 5.91. The molecule has 0 aromatic heterocycles. The van der Waals surface area contributed by atoms with Crippen LogP contribution in [0.1, 0.15) is 18.9 Å². The summed E-state index contributed by atoms with van der Waals surface area (Å²) < 4.78 is 26.8. The first-order valence-electron chi connectivity index (χ1n) is 12.2. The third-order valence-electron chi connectivity index (χ3n) is 7.34. The Bertz CT molecular complexity index is 1100. The number of ether oxygens (including phenoxy) is 5. The van der Waals surface area contributed by atoms with Gasteiger partial charge in [-0.3, -0.25) is 0 Å². The molecule has 39 heavy (non-hydrogen) atoms. The van der Waals surface area contributed by atoms with Gasteiger partial charge in [-0.1, -0.05) is 30.3 Å². The van der Waals surface area contributed by atoms with E-state index in [1.165, 1.54) is 13.0 Å². The molecule has 1 saturated carbocycles. The van der Waals surface area contributed by atoms with Crippen LogP contribution in [0.5, 0.6) is 0 Å². The maximum absolute atomic E-state index is 12.6. The van der Waals surface area contributed by atoms with Gasteiger partial charge in [-0.15, -0.1) is 0 Å². The van der Waals surface area contributed by atoms with Crippen LogP contribution in [0.3, 0.4) is 0 Å². The molecule has 4 rings (SSSR count). The van der Waals surface area contributed by atoms with Crippen LogP contribution >= 0.6 is 0 Å². The Kier molecular flexibility index (Phi) is 8.44. The van der Waals surface area contributed by atoms with Gasteiger partial charge in [0.1, 0.15) is 47.3 Å². The summed E-state index contributed by atoms with van der Waals surface area (Å²) in [5, 5.41) is 63.3. The fourth-order valence-corrected chi connectivity index (χ4v) is 5.22. The number of aliphatic hydroxyl groups is 6. The second-order valence-electron chi connectivity index (χ2n) is 9.86. The van der Waals surface area contributed by atoms with Crippen LogP contribution in [0, 0.1) is 5.92 Å². The van der Waals surface area contributed by atoms with Crippen molar-refractivity contribution in [1.29, 1.82) is 0 Å². The van der Waals surface area contributed by atoms with Crippen LogP contribution in [0.15, 0.2) is 48.2 Å². The standard InChI is InChI=1S/C26H32O13/c1-25(33)16(38-17(28)9-8-13-6-4-3-5-7-13)10-26(34)14(22(32)35-2)12-36-24(21(25)26)39-23-20(31)19(30)18(29)15(11-27)37-23/h3-9,12,15-16,18-21,23-24,27,29-31,33-34H,10-11H2,1-2H3/t15-,16+,18-,19+,20-,21-,23+,24+,25+,26+/m1/s1. The number of hydrogen-bond acceptors (Lipinski definition) is 13. The summed E-state index contributed by atoms with van der Waals surface area (Å²) >= 11 is 0. The molecule has 1 aromatic carbocycles. The predicted octanol–water partition coefficient (Wildman–Crippen LogP) is -1.66. The molecule has 6 N–H and O–H groups in total. The van der Waals surface area contributed by atoms with Gasteiger partial charge in [0.2, 0.25) is 6.29 Å². The molecule has 0 amide bonds. The van der Waals surface area contributed by atoms with Crippen molar-refractivity contribution < 1.29 is 63.9 Å². The van der Waals surface area contributed by atoms with Crippen molar-refractivity contribution in [3.8, 4) is 0 Å². The van der Waals surface area contributed by atoms with E-state index >= 15 is 0 Å². The van der Waals surface area contributed by atoms with E-state index in [0.717, 1.165) is 25.0 Å². The average Bonchev–Trinajstić information content (AvgIpc) is 3.12. The SMILES string of the molecule is COC(=O)C1=CO[C@@H](O[C@@H]2O[C@H](CO)[C@@H](O)[C@H](O)[C@H]2O)[C@@H]2[C@@](C)(O)[C@@H](OC(=O)C=Cc3ccccc3)C[C@]12O. The lowest BCUT2D eigenvalue weighted by atomic mass is 9.77. The summed E-state index contributed by atoms with van der Waals surface area (Å²) in [6, 6.07) is 8.90. The monoisotopic (exact) mass is 552 g/mol. The van der Waals surface area contributed by atoms with Gasteiger partial charge in [-0.2, -0.15) is 0 Å². The molecule has 0 bridgehead atoms. The Balaban J connectivity index is 1.61. The quantitative estimate of drug-likeness (QED) is 0.166. The Morgan fingerprint density at radius 1 is 1.08 bits per heavy atom. The van der Waals surface area contributed by atoms with E-state index in [0.29, 0.717) is 0 Å². The molecule has 2 heterocycles. The van der Waals surface area contributed by atoms with Gasteiger partial charge in [0.15, 0.2) is 6.29 Å². The van der Waals surface area contributed by atoms with Gasteiger partial charge in [-0.05, 0) is 18.6 Å². The molecule has 1 aromatic rings. The first-order chi connectivity index (χ1) is 18.4. The van der Waals surface area contributed by atoms with E-state index in [-0.39, 0.29) is 5.57 Å². The van der Waals surface area contributed by atoms with Crippen molar-refractivity contribution in [3.63, 3.8) is 0 Å². The second-order valence-corrected chi connectivity index (χ2v) is 9.86. The zero-order valence-corrected chi connectivity index (χ0v) is 21.2. The number of hydrogen-bond donors (Lipinski definition) is 6. The number of carbonyl (C=O) groups excluding carboxylic acids is 2. The number of carbonyl (C=O) groups is 2. The summed E-state index contributed by atoms with van der Waals surface area (Å²) in [6.07, 6.45) is -8.13. The summed E-state index contributed by atoms with van der Waals surface area (Å²) in [5.74, 6) is -3.31. The van der Waals surface area contributed by atoms with Crippen LogP contribution in [0.25, 0.3) is 6.08 Å². The summed E-state index contributed by atoms with van der Waals surface area (Å²) in [6.45, 7) is 0.532. The fourth-order valence-electron chi connectivity index (χ4n) is 5.22. The topological polar surface area (TPSA) is 202 Å². The van der Waals surface area contributed by atoms with Crippen molar-refractivity contribution in [3.05, 3.63) is 53.8 Å². The van der Waals surface area contributed by atoms with Gasteiger partial charge in [0.25, 0.3) is 0 Å². The van der Waals surface area contributed by atoms with Crippen LogP contribution in [0.4, 0.5) is 0 Å². The van der Waals surface area contributed by atoms with Gasteiger partial charge >= 0.3 is 11.9 Å². The van der Waals surface area contributed by atoms with E-state index < -0.39 is 85.2 Å². The molecule has 2 fully saturated rings. The minimum atomic E-state index is -2.19. The number of rotatable bonds is 7. The Morgan fingerprint density at radius 3 is 2.41 bits per heavy atom. The minimum Gasteiger partial charge on any atom is -0.471 e. The van der Waals surface area contributed by atoms with E-state index in [1.807, 2.05) is 6.07 Å². The molecule has 0 radical (unpaired) electrons. The molecular weight excluding hydrogens is 520 g/mol. The van der Waals surface area contributed by atoms with E-state index in [2.05, 4.69) is 0 Å². The zero-order chi connectivity index (χ0) is 28.5. The van der Waals surface area contributed by atoms with Gasteiger partial charge < -0.3 is 54.3 Å². The minimum absolute atomic E-state index is 0.373. The van der Waals surface area contributed by atoms with Crippen molar-refractivity contribution >= 4 is 18.0 Å². The molecule has 0 spiro atoms. The lowest BCUT2D eigenvalue weighted by Gasteiger charge is -2.46. The molecule has 13 nitrogen and oxygen atoms in total. The molecule has 214 valence electrons. The van der Waals surface area contributed by atoms with E-state index in [1.54, 1.807) is 24.3 Å². The van der Waals surface area contributed by atoms with Crippen molar-refractivity contribution in [2.45, 2.75) is 67.6 Å². The highest BCUT2D eigenvalue weighted by atomic mass is 16.8. The first-order valence-corrected chi connectivity index (χ1v) is 12.2. The largest absolute Gasteiger partial charge is 0.471 e. The smallest absolute Gasteiger partial charge is 0.339 e. The molecule has 1 aliphatic carbocycles. The molecular formula is C26H32O13. The number of aliphatic hydroxyl groups excluding tert-OH is 4. The van der Waals surface area contributed by atoms with E-state index in [4.69, 9.17) is 23.7 Å². The Labute approximate surface area is 223 Å². The first kappa shape index (κ1) is 29.1. The molecule has 1 saturated heterocycles. The van der Waals surface area contributed by atoms with E-state index in [9.17, 15) is 40.2 Å². The Morgan fingerprint density at radius 2 is 1.77 bits per heavy atom. The maximum Gasteiger partial charge on any atom is 0.339 e. The number of esters is 2. The normalized spacial score (nSPS) is 39.9. The van der Waals surface area contributed by atoms with Gasteiger partial charge in [0.05, 0.1) is 25.9 Å². The second kappa shape index (κ2) is 11.3. The molecule has 13 heteroatoms. The van der Waals surface area contributed by atoms with Crippen molar-refractivity contribution in [1.82, 2.24) is 0 Å². The summed E-state index contributed by atoms with van der Waals surface area (Å²) in [7, 11) is 1.08. The van der Waals surface area contributed by atoms with Crippen LogP contribution in [-0.4, -0.2) is 111 Å². The number of methoxy groups -OCH3 is 1. The third kappa shape index (κ3) is 5.44.